The predicted molar refractivity (Wildman–Crippen MR) is 80.8 cm³/mol. The van der Waals surface area contributed by atoms with Crippen molar-refractivity contribution >= 4 is 23.6 Å². The second kappa shape index (κ2) is 7.91. The third-order valence-electron chi connectivity index (χ3n) is 4.60. The van der Waals surface area contributed by atoms with Crippen LogP contribution in [0.25, 0.3) is 0 Å². The molecule has 2 atom stereocenters. The maximum Gasteiger partial charge on any atom is 0.306 e. The Morgan fingerprint density at radius 3 is 2.50 bits per heavy atom. The maximum absolute atomic E-state index is 12.0. The summed E-state index contributed by atoms with van der Waals surface area (Å²) >= 11 is 1.97. The van der Waals surface area contributed by atoms with E-state index >= 15 is 0 Å². The Balaban J connectivity index is 1.72. The first-order chi connectivity index (χ1) is 9.66. The van der Waals surface area contributed by atoms with Gasteiger partial charge in [-0.15, -0.1) is 0 Å². The summed E-state index contributed by atoms with van der Waals surface area (Å²) in [5.74, 6) is 2.12. The molecule has 2 rings (SSSR count). The van der Waals surface area contributed by atoms with Gasteiger partial charge in [-0.3, -0.25) is 9.59 Å². The van der Waals surface area contributed by atoms with Crippen molar-refractivity contribution < 1.29 is 14.7 Å². The lowest BCUT2D eigenvalue weighted by atomic mass is 9.79. The summed E-state index contributed by atoms with van der Waals surface area (Å²) in [4.78, 5) is 23.2. The Bertz CT molecular complexity index is 342. The Labute approximate surface area is 125 Å². The molecule has 0 aromatic carbocycles. The number of carboxylic acids is 1. The summed E-state index contributed by atoms with van der Waals surface area (Å²) < 4.78 is 0. The lowest BCUT2D eigenvalue weighted by Gasteiger charge is -2.29. The number of hydrogen-bond acceptors (Lipinski definition) is 3. The molecule has 0 aromatic heterocycles. The summed E-state index contributed by atoms with van der Waals surface area (Å²) in [7, 11) is 0. The van der Waals surface area contributed by atoms with E-state index in [0.717, 1.165) is 38.5 Å². The lowest BCUT2D eigenvalue weighted by Crippen LogP contribution is -2.37. The average molecular weight is 299 g/mol. The van der Waals surface area contributed by atoms with Crippen molar-refractivity contribution in [2.24, 2.45) is 17.8 Å². The van der Waals surface area contributed by atoms with Gasteiger partial charge in [-0.1, -0.05) is 12.8 Å². The number of carbonyl (C=O) groups is 2. The number of rotatable bonds is 5. The number of carboxylic acid groups (broad SMARTS) is 1. The summed E-state index contributed by atoms with van der Waals surface area (Å²) in [6, 6.07) is 0. The molecule has 4 nitrogen and oxygen atoms in total. The quantitative estimate of drug-likeness (QED) is 0.818. The zero-order valence-electron chi connectivity index (χ0n) is 12.0. The van der Waals surface area contributed by atoms with Crippen molar-refractivity contribution in [2.75, 3.05) is 18.1 Å². The summed E-state index contributed by atoms with van der Waals surface area (Å²) in [6.07, 6.45) is 6.67. The molecule has 1 saturated heterocycles. The van der Waals surface area contributed by atoms with Crippen molar-refractivity contribution in [1.29, 1.82) is 0 Å². The minimum absolute atomic E-state index is 0.108. The molecule has 1 saturated carbocycles. The van der Waals surface area contributed by atoms with Crippen LogP contribution >= 0.6 is 11.8 Å². The first kappa shape index (κ1) is 15.7. The zero-order valence-corrected chi connectivity index (χ0v) is 12.8. The SMILES string of the molecule is O=C(CC1CCSCC1)NCC1CCCCC1C(=O)O. The number of hydrogen-bond donors (Lipinski definition) is 2. The third-order valence-corrected chi connectivity index (χ3v) is 5.65. The minimum atomic E-state index is -0.701. The topological polar surface area (TPSA) is 66.4 Å². The van der Waals surface area contributed by atoms with Crippen LogP contribution in [-0.4, -0.2) is 35.0 Å². The van der Waals surface area contributed by atoms with Gasteiger partial charge in [-0.25, -0.2) is 0 Å². The van der Waals surface area contributed by atoms with Crippen LogP contribution in [0.5, 0.6) is 0 Å². The number of aliphatic carboxylic acids is 1. The fourth-order valence-electron chi connectivity index (χ4n) is 3.31. The second-order valence-corrected chi connectivity index (χ2v) is 7.28. The maximum atomic E-state index is 12.0. The molecular formula is C15H25NO3S. The van der Waals surface area contributed by atoms with E-state index in [4.69, 9.17) is 0 Å². The van der Waals surface area contributed by atoms with Crippen molar-refractivity contribution in [3.63, 3.8) is 0 Å². The van der Waals surface area contributed by atoms with Crippen LogP contribution in [0.3, 0.4) is 0 Å². The van der Waals surface area contributed by atoms with Gasteiger partial charge in [0.15, 0.2) is 0 Å². The molecule has 5 heteroatoms. The van der Waals surface area contributed by atoms with Gasteiger partial charge < -0.3 is 10.4 Å². The molecule has 0 spiro atoms. The molecule has 1 aliphatic heterocycles. The van der Waals surface area contributed by atoms with Gasteiger partial charge >= 0.3 is 5.97 Å². The first-order valence-corrected chi connectivity index (χ1v) is 8.89. The van der Waals surface area contributed by atoms with Crippen LogP contribution in [-0.2, 0) is 9.59 Å². The highest BCUT2D eigenvalue weighted by Crippen LogP contribution is 2.30. The number of amides is 1. The van der Waals surface area contributed by atoms with E-state index in [1.165, 1.54) is 11.5 Å². The molecule has 114 valence electrons. The fraction of sp³-hybridized carbons (Fsp3) is 0.867. The molecule has 1 aliphatic carbocycles. The first-order valence-electron chi connectivity index (χ1n) is 7.74. The third kappa shape index (κ3) is 4.69. The minimum Gasteiger partial charge on any atom is -0.481 e. The largest absolute Gasteiger partial charge is 0.481 e. The Kier molecular flexibility index (Phi) is 6.20. The molecule has 0 radical (unpaired) electrons. The van der Waals surface area contributed by atoms with Crippen LogP contribution in [0, 0.1) is 17.8 Å². The van der Waals surface area contributed by atoms with Crippen LogP contribution in [0.15, 0.2) is 0 Å². The van der Waals surface area contributed by atoms with Crippen molar-refractivity contribution in [2.45, 2.75) is 44.9 Å². The fourth-order valence-corrected chi connectivity index (χ4v) is 4.51. The molecule has 2 N–H and O–H groups in total. The van der Waals surface area contributed by atoms with Gasteiger partial charge in [0, 0.05) is 13.0 Å². The Hall–Kier alpha value is -0.710. The normalized spacial score (nSPS) is 28.0. The smallest absolute Gasteiger partial charge is 0.306 e. The summed E-state index contributed by atoms with van der Waals surface area (Å²) in [5.41, 5.74) is 0. The molecule has 0 aromatic rings. The lowest BCUT2D eigenvalue weighted by molar-refractivity contribution is -0.145. The van der Waals surface area contributed by atoms with Crippen LogP contribution < -0.4 is 5.32 Å². The molecule has 2 aliphatic rings. The van der Waals surface area contributed by atoms with Gasteiger partial charge in [-0.2, -0.15) is 11.8 Å². The molecule has 0 bridgehead atoms. The van der Waals surface area contributed by atoms with E-state index in [9.17, 15) is 14.7 Å². The molecule has 2 fully saturated rings. The second-order valence-electron chi connectivity index (χ2n) is 6.05. The number of carbonyl (C=O) groups excluding carboxylic acids is 1. The molecule has 1 amide bonds. The summed E-state index contributed by atoms with van der Waals surface area (Å²) in [6.45, 7) is 0.539. The monoisotopic (exact) mass is 299 g/mol. The molecule has 20 heavy (non-hydrogen) atoms. The van der Waals surface area contributed by atoms with Crippen molar-refractivity contribution in [3.8, 4) is 0 Å². The van der Waals surface area contributed by atoms with Crippen LogP contribution in [0.1, 0.15) is 44.9 Å². The molecule has 1 heterocycles. The van der Waals surface area contributed by atoms with E-state index in [2.05, 4.69) is 5.32 Å². The van der Waals surface area contributed by atoms with E-state index in [-0.39, 0.29) is 17.7 Å². The van der Waals surface area contributed by atoms with Gasteiger partial charge in [0.1, 0.15) is 0 Å². The highest BCUT2D eigenvalue weighted by atomic mass is 32.2. The molecule has 2 unspecified atom stereocenters. The summed E-state index contributed by atoms with van der Waals surface area (Å²) in [5, 5.41) is 12.2. The van der Waals surface area contributed by atoms with Crippen molar-refractivity contribution in [3.05, 3.63) is 0 Å². The van der Waals surface area contributed by atoms with E-state index in [1.807, 2.05) is 11.8 Å². The van der Waals surface area contributed by atoms with Gasteiger partial charge in [0.2, 0.25) is 5.91 Å². The van der Waals surface area contributed by atoms with Crippen LogP contribution in [0.4, 0.5) is 0 Å². The standard InChI is InChI=1S/C15H25NO3S/c17-14(9-11-5-7-20-8-6-11)16-10-12-3-1-2-4-13(12)15(18)19/h11-13H,1-10H2,(H,16,17)(H,18,19). The van der Waals surface area contributed by atoms with E-state index in [0.29, 0.717) is 18.9 Å². The Morgan fingerprint density at radius 2 is 1.80 bits per heavy atom. The van der Waals surface area contributed by atoms with Crippen molar-refractivity contribution in [1.82, 2.24) is 5.32 Å². The predicted octanol–water partition coefficient (Wildman–Crippen LogP) is 2.53. The Morgan fingerprint density at radius 1 is 1.10 bits per heavy atom. The average Bonchev–Trinajstić information content (AvgIpc) is 2.46. The number of nitrogens with one attached hydrogen (secondary N) is 1. The highest BCUT2D eigenvalue weighted by Gasteiger charge is 2.31. The van der Waals surface area contributed by atoms with Gasteiger partial charge in [-0.05, 0) is 49.0 Å². The number of thioether (sulfide) groups is 1. The van der Waals surface area contributed by atoms with E-state index < -0.39 is 5.97 Å². The zero-order chi connectivity index (χ0) is 14.4. The molecular weight excluding hydrogens is 274 g/mol. The van der Waals surface area contributed by atoms with Crippen LogP contribution in [0.2, 0.25) is 0 Å². The van der Waals surface area contributed by atoms with Gasteiger partial charge in [0.25, 0.3) is 0 Å². The van der Waals surface area contributed by atoms with E-state index in [1.54, 1.807) is 0 Å². The van der Waals surface area contributed by atoms with Gasteiger partial charge in [0.05, 0.1) is 5.92 Å². The highest BCUT2D eigenvalue weighted by molar-refractivity contribution is 7.99.